The van der Waals surface area contributed by atoms with E-state index in [0.717, 1.165) is 37.2 Å². The molecule has 1 spiro atoms. The van der Waals surface area contributed by atoms with Crippen LogP contribution in [0.5, 0.6) is 0 Å². The molecule has 1 aromatic rings. The molecule has 3 heterocycles. The first kappa shape index (κ1) is 14.2. The Morgan fingerprint density at radius 2 is 2.09 bits per heavy atom. The van der Waals surface area contributed by atoms with Crippen molar-refractivity contribution in [1.29, 1.82) is 0 Å². The van der Waals surface area contributed by atoms with Gasteiger partial charge in [-0.1, -0.05) is 6.42 Å². The van der Waals surface area contributed by atoms with E-state index in [4.69, 9.17) is 4.74 Å². The highest BCUT2D eigenvalue weighted by atomic mass is 16.5. The molecule has 2 fully saturated rings. The Kier molecular flexibility index (Phi) is 3.29. The van der Waals surface area contributed by atoms with Gasteiger partial charge >= 0.3 is 0 Å². The molecule has 0 unspecified atom stereocenters. The Hall–Kier alpha value is -1.36. The summed E-state index contributed by atoms with van der Waals surface area (Å²) < 4.78 is 5.81. The predicted octanol–water partition coefficient (Wildman–Crippen LogP) is 2.84. The number of likely N-dealkylation sites (tertiary alicyclic amines) is 1. The van der Waals surface area contributed by atoms with Crippen LogP contribution in [-0.4, -0.2) is 40.2 Å². The zero-order valence-electron chi connectivity index (χ0n) is 13.5. The first-order valence-corrected chi connectivity index (χ1v) is 8.60. The average molecular weight is 303 g/mol. The van der Waals surface area contributed by atoms with Crippen molar-refractivity contribution in [3.8, 4) is 0 Å². The molecule has 0 bridgehead atoms. The number of fused-ring (bicyclic) bond motifs is 1. The van der Waals surface area contributed by atoms with Crippen LogP contribution >= 0.6 is 0 Å². The summed E-state index contributed by atoms with van der Waals surface area (Å²) >= 11 is 0. The van der Waals surface area contributed by atoms with Crippen molar-refractivity contribution in [3.05, 3.63) is 17.0 Å². The smallest absolute Gasteiger partial charge is 0.274 e. The van der Waals surface area contributed by atoms with Gasteiger partial charge in [0.25, 0.3) is 5.91 Å². The van der Waals surface area contributed by atoms with Crippen LogP contribution in [-0.2, 0) is 11.2 Å². The van der Waals surface area contributed by atoms with E-state index in [2.05, 4.69) is 17.1 Å². The summed E-state index contributed by atoms with van der Waals surface area (Å²) in [5, 5.41) is 7.40. The molecule has 1 N–H and O–H groups in total. The fraction of sp³-hybridized carbons (Fsp3) is 0.765. The third kappa shape index (κ3) is 2.18. The molecule has 1 amide bonds. The van der Waals surface area contributed by atoms with Crippen molar-refractivity contribution >= 4 is 5.91 Å². The number of amides is 1. The van der Waals surface area contributed by atoms with Crippen molar-refractivity contribution < 1.29 is 9.53 Å². The van der Waals surface area contributed by atoms with Gasteiger partial charge in [0.1, 0.15) is 0 Å². The number of nitrogens with one attached hydrogen (secondary N) is 1. The maximum Gasteiger partial charge on any atom is 0.274 e. The first-order chi connectivity index (χ1) is 10.6. The maximum absolute atomic E-state index is 13.0. The Morgan fingerprint density at radius 1 is 1.32 bits per heavy atom. The number of carbonyl (C=O) groups is 1. The van der Waals surface area contributed by atoms with Crippen molar-refractivity contribution in [2.75, 3.05) is 13.1 Å². The monoisotopic (exact) mass is 303 g/mol. The van der Waals surface area contributed by atoms with E-state index in [1.807, 2.05) is 11.8 Å². The lowest BCUT2D eigenvalue weighted by atomic mass is 9.64. The highest BCUT2D eigenvalue weighted by Crippen LogP contribution is 2.47. The van der Waals surface area contributed by atoms with Crippen molar-refractivity contribution in [3.63, 3.8) is 0 Å². The fourth-order valence-corrected chi connectivity index (χ4v) is 4.47. The van der Waals surface area contributed by atoms with Crippen LogP contribution in [0.1, 0.15) is 73.8 Å². The quantitative estimate of drug-likeness (QED) is 0.868. The second kappa shape index (κ2) is 5.08. The lowest BCUT2D eigenvalue weighted by molar-refractivity contribution is -0.00721. The van der Waals surface area contributed by atoms with E-state index < -0.39 is 0 Å². The van der Waals surface area contributed by atoms with E-state index in [1.54, 1.807) is 0 Å². The van der Waals surface area contributed by atoms with Gasteiger partial charge in [0.05, 0.1) is 17.9 Å². The topological polar surface area (TPSA) is 58.2 Å². The van der Waals surface area contributed by atoms with Crippen LogP contribution in [0.3, 0.4) is 0 Å². The summed E-state index contributed by atoms with van der Waals surface area (Å²) in [6.07, 6.45) is 7.24. The van der Waals surface area contributed by atoms with Crippen LogP contribution in [0, 0.1) is 5.41 Å². The molecule has 1 aliphatic carbocycles. The Bertz CT molecular complexity index is 591. The molecular formula is C17H25N3O2. The molecule has 2 atom stereocenters. The van der Waals surface area contributed by atoms with Gasteiger partial charge in [0.15, 0.2) is 5.69 Å². The summed E-state index contributed by atoms with van der Waals surface area (Å²) in [4.78, 5) is 15.0. The van der Waals surface area contributed by atoms with Gasteiger partial charge in [-0.3, -0.25) is 9.89 Å². The van der Waals surface area contributed by atoms with Crippen LogP contribution in [0.25, 0.3) is 0 Å². The molecule has 4 rings (SSSR count). The van der Waals surface area contributed by atoms with E-state index >= 15 is 0 Å². The zero-order valence-corrected chi connectivity index (χ0v) is 13.5. The second-order valence-corrected chi connectivity index (χ2v) is 7.44. The normalized spacial score (nSPS) is 30.0. The molecule has 22 heavy (non-hydrogen) atoms. The molecule has 1 saturated carbocycles. The second-order valence-electron chi connectivity index (χ2n) is 7.44. The van der Waals surface area contributed by atoms with Gasteiger partial charge in [-0.05, 0) is 44.9 Å². The SMILES string of the molecule is C[C@@H]1Cc2c(C(=O)N3CCCC4(CCC4)C3)n[nH]c2[C@H](C)O1. The number of aromatic amines is 1. The number of hydrogen-bond acceptors (Lipinski definition) is 3. The molecule has 1 saturated heterocycles. The summed E-state index contributed by atoms with van der Waals surface area (Å²) in [5.41, 5.74) is 3.11. The van der Waals surface area contributed by atoms with E-state index in [9.17, 15) is 4.79 Å². The van der Waals surface area contributed by atoms with Gasteiger partial charge in [0, 0.05) is 25.1 Å². The van der Waals surface area contributed by atoms with Crippen LogP contribution in [0.2, 0.25) is 0 Å². The Morgan fingerprint density at radius 3 is 2.82 bits per heavy atom. The van der Waals surface area contributed by atoms with Gasteiger partial charge < -0.3 is 9.64 Å². The summed E-state index contributed by atoms with van der Waals surface area (Å²) in [6, 6.07) is 0. The highest BCUT2D eigenvalue weighted by Gasteiger charge is 2.42. The van der Waals surface area contributed by atoms with E-state index in [0.29, 0.717) is 11.1 Å². The number of aromatic nitrogens is 2. The van der Waals surface area contributed by atoms with Gasteiger partial charge in [-0.2, -0.15) is 5.10 Å². The lowest BCUT2D eigenvalue weighted by Crippen LogP contribution is -2.49. The summed E-state index contributed by atoms with van der Waals surface area (Å²) in [6.45, 7) is 5.88. The largest absolute Gasteiger partial charge is 0.369 e. The molecule has 0 aromatic carbocycles. The minimum atomic E-state index is -0.00729. The minimum Gasteiger partial charge on any atom is -0.369 e. The molecule has 1 aromatic heterocycles. The van der Waals surface area contributed by atoms with E-state index in [1.165, 1.54) is 25.7 Å². The third-order valence-corrected chi connectivity index (χ3v) is 5.80. The number of piperidine rings is 1. The van der Waals surface area contributed by atoms with Crippen molar-refractivity contribution in [2.24, 2.45) is 5.41 Å². The third-order valence-electron chi connectivity index (χ3n) is 5.80. The van der Waals surface area contributed by atoms with Gasteiger partial charge in [0.2, 0.25) is 0 Å². The molecule has 3 aliphatic rings. The Balaban J connectivity index is 1.58. The summed E-state index contributed by atoms with van der Waals surface area (Å²) in [7, 11) is 0. The number of rotatable bonds is 1. The minimum absolute atomic E-state index is 0.00729. The number of nitrogens with zero attached hydrogens (tertiary/aromatic N) is 2. The molecule has 5 heteroatoms. The van der Waals surface area contributed by atoms with Crippen LogP contribution in [0.4, 0.5) is 0 Å². The average Bonchev–Trinajstić information content (AvgIpc) is 2.89. The number of ether oxygens (including phenoxy) is 1. The molecule has 120 valence electrons. The zero-order chi connectivity index (χ0) is 15.3. The summed E-state index contributed by atoms with van der Waals surface area (Å²) in [5.74, 6) is 0.116. The van der Waals surface area contributed by atoms with Crippen molar-refractivity contribution in [2.45, 2.75) is 64.6 Å². The molecular weight excluding hydrogens is 278 g/mol. The van der Waals surface area contributed by atoms with Crippen LogP contribution < -0.4 is 0 Å². The standard InChI is InChI=1S/C17H25N3O2/c1-11-9-13-14(12(2)22-11)18-19-15(13)16(21)20-8-4-7-17(10-20)5-3-6-17/h11-12H,3-10H2,1-2H3,(H,18,19)/t11-,12+/m1/s1. The van der Waals surface area contributed by atoms with Crippen LogP contribution in [0.15, 0.2) is 0 Å². The number of carbonyl (C=O) groups excluding carboxylic acids is 1. The number of H-pyrrole nitrogens is 1. The van der Waals surface area contributed by atoms with Gasteiger partial charge in [-0.25, -0.2) is 0 Å². The number of hydrogen-bond donors (Lipinski definition) is 1. The fourth-order valence-electron chi connectivity index (χ4n) is 4.47. The van der Waals surface area contributed by atoms with E-state index in [-0.39, 0.29) is 18.1 Å². The first-order valence-electron chi connectivity index (χ1n) is 8.60. The molecule has 0 radical (unpaired) electrons. The Labute approximate surface area is 131 Å². The van der Waals surface area contributed by atoms with Gasteiger partial charge in [-0.15, -0.1) is 0 Å². The maximum atomic E-state index is 13.0. The highest BCUT2D eigenvalue weighted by molar-refractivity contribution is 5.94. The molecule has 5 nitrogen and oxygen atoms in total. The predicted molar refractivity (Wildman–Crippen MR) is 82.7 cm³/mol. The van der Waals surface area contributed by atoms with Crippen molar-refractivity contribution in [1.82, 2.24) is 15.1 Å². The lowest BCUT2D eigenvalue weighted by Gasteiger charge is -2.48. The molecule has 2 aliphatic heterocycles.